The second kappa shape index (κ2) is 7.25. The van der Waals surface area contributed by atoms with Crippen LogP contribution in [-0.2, 0) is 19.6 Å². The van der Waals surface area contributed by atoms with E-state index in [0.717, 1.165) is 24.4 Å². The molecule has 112 valence electrons. The van der Waals surface area contributed by atoms with Crippen LogP contribution in [0.5, 0.6) is 5.75 Å². The maximum Gasteiger partial charge on any atom is 0.123 e. The predicted molar refractivity (Wildman–Crippen MR) is 87.2 cm³/mol. The van der Waals surface area contributed by atoms with Gasteiger partial charge in [-0.1, -0.05) is 42.0 Å². The lowest BCUT2D eigenvalue weighted by molar-refractivity contribution is 0.318. The highest BCUT2D eigenvalue weighted by Gasteiger charge is 2.06. The Balaban J connectivity index is 2.04. The van der Waals surface area contributed by atoms with E-state index in [-0.39, 0.29) is 0 Å². The Kier molecular flexibility index (Phi) is 5.37. The van der Waals surface area contributed by atoms with Gasteiger partial charge >= 0.3 is 0 Å². The van der Waals surface area contributed by atoms with E-state index < -0.39 is 0 Å². The number of benzene rings is 2. The molecule has 2 rings (SSSR count). The highest BCUT2D eigenvalue weighted by molar-refractivity contribution is 5.37. The second-order valence-corrected chi connectivity index (χ2v) is 5.51. The number of nitrogens with two attached hydrogens (primary N) is 1. The molecule has 0 saturated carbocycles. The Morgan fingerprint density at radius 2 is 1.76 bits per heavy atom. The summed E-state index contributed by atoms with van der Waals surface area (Å²) in [4.78, 5) is 2.30. The summed E-state index contributed by atoms with van der Waals surface area (Å²) in [6, 6.07) is 14.9. The summed E-state index contributed by atoms with van der Waals surface area (Å²) < 4.78 is 5.39. The predicted octanol–water partition coefficient (Wildman–Crippen LogP) is 3.09. The summed E-state index contributed by atoms with van der Waals surface area (Å²) in [6.07, 6.45) is 0. The third-order valence-electron chi connectivity index (χ3n) is 3.56. The van der Waals surface area contributed by atoms with Gasteiger partial charge in [0.25, 0.3) is 0 Å². The lowest BCUT2D eigenvalue weighted by Gasteiger charge is -2.18. The molecule has 0 bridgehead atoms. The average molecular weight is 284 g/mol. The van der Waals surface area contributed by atoms with Crippen molar-refractivity contribution in [1.82, 2.24) is 4.90 Å². The van der Waals surface area contributed by atoms with Crippen molar-refractivity contribution in [3.63, 3.8) is 0 Å². The van der Waals surface area contributed by atoms with Crippen LogP contribution in [0.2, 0.25) is 0 Å². The Hall–Kier alpha value is -1.84. The van der Waals surface area contributed by atoms with Crippen molar-refractivity contribution in [2.24, 2.45) is 5.73 Å². The number of ether oxygens (including phenoxy) is 1. The first-order valence-corrected chi connectivity index (χ1v) is 7.22. The van der Waals surface area contributed by atoms with E-state index in [2.05, 4.69) is 61.3 Å². The quantitative estimate of drug-likeness (QED) is 0.886. The maximum atomic E-state index is 5.70. The van der Waals surface area contributed by atoms with Crippen molar-refractivity contribution in [2.45, 2.75) is 26.6 Å². The smallest absolute Gasteiger partial charge is 0.123 e. The summed E-state index contributed by atoms with van der Waals surface area (Å²) in [5.41, 5.74) is 10.6. The molecule has 0 fully saturated rings. The minimum absolute atomic E-state index is 0.503. The normalized spacial score (nSPS) is 10.9. The Morgan fingerprint density at radius 1 is 1.05 bits per heavy atom. The van der Waals surface area contributed by atoms with Crippen molar-refractivity contribution in [3.8, 4) is 5.75 Å². The van der Waals surface area contributed by atoms with Crippen molar-refractivity contribution in [3.05, 3.63) is 64.7 Å². The van der Waals surface area contributed by atoms with Gasteiger partial charge < -0.3 is 10.5 Å². The zero-order valence-corrected chi connectivity index (χ0v) is 13.1. The van der Waals surface area contributed by atoms with E-state index in [1.807, 2.05) is 0 Å². The first kappa shape index (κ1) is 15.5. The summed E-state index contributed by atoms with van der Waals surface area (Å²) in [7, 11) is 3.82. The van der Waals surface area contributed by atoms with Crippen molar-refractivity contribution < 1.29 is 4.74 Å². The van der Waals surface area contributed by atoms with Crippen LogP contribution in [0.1, 0.15) is 22.3 Å². The van der Waals surface area contributed by atoms with Crippen LogP contribution in [0.25, 0.3) is 0 Å². The minimum atomic E-state index is 0.503. The number of hydrogen-bond donors (Lipinski definition) is 1. The summed E-state index contributed by atoms with van der Waals surface area (Å²) >= 11 is 0. The van der Waals surface area contributed by atoms with Gasteiger partial charge in [0.15, 0.2) is 0 Å². The third kappa shape index (κ3) is 4.31. The number of rotatable bonds is 6. The first-order valence-electron chi connectivity index (χ1n) is 7.22. The molecule has 0 unspecified atom stereocenters. The van der Waals surface area contributed by atoms with E-state index in [1.54, 1.807) is 7.11 Å². The molecule has 0 aliphatic rings. The third-order valence-corrected chi connectivity index (χ3v) is 3.56. The molecule has 0 aliphatic carbocycles. The van der Waals surface area contributed by atoms with Crippen LogP contribution < -0.4 is 10.5 Å². The van der Waals surface area contributed by atoms with Crippen molar-refractivity contribution >= 4 is 0 Å². The van der Waals surface area contributed by atoms with Gasteiger partial charge in [-0.2, -0.15) is 0 Å². The first-order chi connectivity index (χ1) is 10.1. The van der Waals surface area contributed by atoms with Gasteiger partial charge in [0, 0.05) is 25.2 Å². The number of methoxy groups -OCH3 is 1. The average Bonchev–Trinajstić information content (AvgIpc) is 2.47. The van der Waals surface area contributed by atoms with Gasteiger partial charge in [0.2, 0.25) is 0 Å². The Labute approximate surface area is 127 Å². The highest BCUT2D eigenvalue weighted by Crippen LogP contribution is 2.21. The van der Waals surface area contributed by atoms with Gasteiger partial charge in [-0.25, -0.2) is 0 Å². The lowest BCUT2D eigenvalue weighted by atomic mass is 10.1. The van der Waals surface area contributed by atoms with Crippen LogP contribution in [0, 0.1) is 6.92 Å². The van der Waals surface area contributed by atoms with E-state index in [0.29, 0.717) is 6.54 Å². The fourth-order valence-corrected chi connectivity index (χ4v) is 2.55. The lowest BCUT2D eigenvalue weighted by Crippen LogP contribution is -2.17. The monoisotopic (exact) mass is 284 g/mol. The number of hydrogen-bond acceptors (Lipinski definition) is 3. The molecular formula is C18H24N2O. The van der Waals surface area contributed by atoms with Crippen LogP contribution in [-0.4, -0.2) is 19.1 Å². The Bertz CT molecular complexity index is 596. The Morgan fingerprint density at radius 3 is 2.38 bits per heavy atom. The molecular weight excluding hydrogens is 260 g/mol. The molecule has 0 heterocycles. The summed E-state index contributed by atoms with van der Waals surface area (Å²) in [6.45, 7) is 4.44. The molecule has 0 aliphatic heterocycles. The fourth-order valence-electron chi connectivity index (χ4n) is 2.55. The molecule has 0 spiro atoms. The molecule has 3 nitrogen and oxygen atoms in total. The van der Waals surface area contributed by atoms with Crippen LogP contribution >= 0.6 is 0 Å². The van der Waals surface area contributed by atoms with Crippen molar-refractivity contribution in [1.29, 1.82) is 0 Å². The molecule has 2 aromatic rings. The summed E-state index contributed by atoms with van der Waals surface area (Å²) in [5.74, 6) is 0.874. The SMILES string of the molecule is COc1cc(CN(C)Cc2cccc(C)c2)ccc1CN. The zero-order chi connectivity index (χ0) is 15.2. The fraction of sp³-hybridized carbons (Fsp3) is 0.333. The van der Waals surface area contributed by atoms with Gasteiger partial charge in [-0.3, -0.25) is 4.90 Å². The molecule has 0 atom stereocenters. The molecule has 0 amide bonds. The van der Waals surface area contributed by atoms with Gasteiger partial charge in [-0.05, 0) is 31.2 Å². The van der Waals surface area contributed by atoms with Crippen LogP contribution in [0.3, 0.4) is 0 Å². The second-order valence-electron chi connectivity index (χ2n) is 5.51. The van der Waals surface area contributed by atoms with Crippen molar-refractivity contribution in [2.75, 3.05) is 14.2 Å². The van der Waals surface area contributed by atoms with Gasteiger partial charge in [-0.15, -0.1) is 0 Å². The molecule has 21 heavy (non-hydrogen) atoms. The minimum Gasteiger partial charge on any atom is -0.496 e. The summed E-state index contributed by atoms with van der Waals surface area (Å²) in [5, 5.41) is 0. The van der Waals surface area contributed by atoms with Gasteiger partial charge in [0.1, 0.15) is 5.75 Å². The largest absolute Gasteiger partial charge is 0.496 e. The standard InChI is InChI=1S/C18H24N2O/c1-14-5-4-6-15(9-14)12-20(2)13-16-7-8-17(11-19)18(10-16)21-3/h4-10H,11-13,19H2,1-3H3. The number of aryl methyl sites for hydroxylation is 1. The van der Waals surface area contributed by atoms with Crippen LogP contribution in [0.15, 0.2) is 42.5 Å². The molecule has 0 radical (unpaired) electrons. The van der Waals surface area contributed by atoms with E-state index in [1.165, 1.54) is 16.7 Å². The van der Waals surface area contributed by atoms with Gasteiger partial charge in [0.05, 0.1) is 7.11 Å². The number of nitrogens with zero attached hydrogens (tertiary/aromatic N) is 1. The highest BCUT2D eigenvalue weighted by atomic mass is 16.5. The zero-order valence-electron chi connectivity index (χ0n) is 13.1. The molecule has 2 aromatic carbocycles. The molecule has 0 aromatic heterocycles. The van der Waals surface area contributed by atoms with E-state index in [4.69, 9.17) is 10.5 Å². The topological polar surface area (TPSA) is 38.5 Å². The van der Waals surface area contributed by atoms with E-state index in [9.17, 15) is 0 Å². The molecule has 0 saturated heterocycles. The maximum absolute atomic E-state index is 5.70. The molecule has 3 heteroatoms. The molecule has 2 N–H and O–H groups in total. The van der Waals surface area contributed by atoms with E-state index >= 15 is 0 Å². The van der Waals surface area contributed by atoms with Crippen LogP contribution in [0.4, 0.5) is 0 Å².